The molecule has 1 atom stereocenters. The van der Waals surface area contributed by atoms with E-state index in [0.29, 0.717) is 13.0 Å². The van der Waals surface area contributed by atoms with Crippen molar-refractivity contribution in [3.8, 4) is 0 Å². The molecule has 0 aliphatic heterocycles. The van der Waals surface area contributed by atoms with E-state index in [-0.39, 0.29) is 5.92 Å². The molecule has 2 N–H and O–H groups in total. The van der Waals surface area contributed by atoms with Crippen LogP contribution in [0.4, 0.5) is 5.69 Å². The van der Waals surface area contributed by atoms with E-state index in [4.69, 9.17) is 5.11 Å². The Bertz CT molecular complexity index is 339. The number of carboxylic acids is 1. The van der Waals surface area contributed by atoms with Crippen molar-refractivity contribution in [2.75, 3.05) is 11.9 Å². The molecule has 0 bridgehead atoms. The first-order valence-corrected chi connectivity index (χ1v) is 5.02. The molecule has 0 radical (unpaired) electrons. The summed E-state index contributed by atoms with van der Waals surface area (Å²) in [5, 5.41) is 12.0. The highest BCUT2D eigenvalue weighted by Gasteiger charge is 2.13. The number of rotatable bonds is 5. The van der Waals surface area contributed by atoms with Crippen LogP contribution in [0, 0.1) is 12.8 Å². The SMILES string of the molecule is CCC(CNc1ccnc(C)c1)C(=O)O. The number of hydrogen-bond donors (Lipinski definition) is 2. The first kappa shape index (κ1) is 11.5. The van der Waals surface area contributed by atoms with Gasteiger partial charge in [-0.2, -0.15) is 0 Å². The molecule has 0 saturated carbocycles. The monoisotopic (exact) mass is 208 g/mol. The van der Waals surface area contributed by atoms with Gasteiger partial charge in [0.1, 0.15) is 0 Å². The second-order valence-corrected chi connectivity index (χ2v) is 3.51. The maximum absolute atomic E-state index is 10.8. The molecule has 0 fully saturated rings. The lowest BCUT2D eigenvalue weighted by Gasteiger charge is -2.12. The number of aliphatic carboxylic acids is 1. The molecule has 1 heterocycles. The number of hydrogen-bond acceptors (Lipinski definition) is 3. The molecule has 15 heavy (non-hydrogen) atoms. The normalized spacial score (nSPS) is 12.1. The third-order valence-corrected chi connectivity index (χ3v) is 2.29. The van der Waals surface area contributed by atoms with Gasteiger partial charge in [-0.05, 0) is 25.5 Å². The summed E-state index contributed by atoms with van der Waals surface area (Å²) in [7, 11) is 0. The van der Waals surface area contributed by atoms with Crippen LogP contribution in [0.3, 0.4) is 0 Å². The average Bonchev–Trinajstić information content (AvgIpc) is 2.18. The largest absolute Gasteiger partial charge is 0.481 e. The smallest absolute Gasteiger partial charge is 0.308 e. The van der Waals surface area contributed by atoms with Gasteiger partial charge in [-0.1, -0.05) is 6.92 Å². The number of pyridine rings is 1. The zero-order valence-electron chi connectivity index (χ0n) is 9.03. The zero-order valence-corrected chi connectivity index (χ0v) is 9.03. The highest BCUT2D eigenvalue weighted by Crippen LogP contribution is 2.09. The molecule has 1 unspecified atom stereocenters. The van der Waals surface area contributed by atoms with Gasteiger partial charge in [0.15, 0.2) is 0 Å². The summed E-state index contributed by atoms with van der Waals surface area (Å²) >= 11 is 0. The summed E-state index contributed by atoms with van der Waals surface area (Å²) < 4.78 is 0. The molecule has 0 aliphatic carbocycles. The Balaban J connectivity index is 2.52. The molecule has 0 aliphatic rings. The molecule has 0 spiro atoms. The molecular formula is C11H16N2O2. The highest BCUT2D eigenvalue weighted by molar-refractivity contribution is 5.70. The minimum absolute atomic E-state index is 0.335. The first-order chi connectivity index (χ1) is 7.13. The molecule has 0 amide bonds. The summed E-state index contributed by atoms with van der Waals surface area (Å²) in [6.45, 7) is 4.23. The van der Waals surface area contributed by atoms with Gasteiger partial charge in [-0.25, -0.2) is 0 Å². The molecule has 1 aromatic heterocycles. The number of carbonyl (C=O) groups is 1. The Labute approximate surface area is 89.3 Å². The van der Waals surface area contributed by atoms with E-state index >= 15 is 0 Å². The first-order valence-electron chi connectivity index (χ1n) is 5.02. The van der Waals surface area contributed by atoms with Crippen LogP contribution < -0.4 is 5.32 Å². The standard InChI is InChI=1S/C11H16N2O2/c1-3-9(11(14)15)7-13-10-4-5-12-8(2)6-10/h4-6,9H,3,7H2,1-2H3,(H,12,13)(H,14,15). The van der Waals surface area contributed by atoms with Crippen molar-refractivity contribution < 1.29 is 9.90 Å². The van der Waals surface area contributed by atoms with Crippen LogP contribution >= 0.6 is 0 Å². The fourth-order valence-corrected chi connectivity index (χ4v) is 1.30. The minimum atomic E-state index is -0.754. The predicted molar refractivity (Wildman–Crippen MR) is 58.9 cm³/mol. The van der Waals surface area contributed by atoms with Crippen LogP contribution in [0.1, 0.15) is 19.0 Å². The maximum Gasteiger partial charge on any atom is 0.308 e. The number of anilines is 1. The van der Waals surface area contributed by atoms with E-state index in [9.17, 15) is 4.79 Å². The van der Waals surface area contributed by atoms with Crippen LogP contribution in [0.15, 0.2) is 18.3 Å². The van der Waals surface area contributed by atoms with Crippen molar-refractivity contribution in [2.45, 2.75) is 20.3 Å². The van der Waals surface area contributed by atoms with E-state index in [1.165, 1.54) is 0 Å². The summed E-state index contributed by atoms with van der Waals surface area (Å²) in [6.07, 6.45) is 2.34. The van der Waals surface area contributed by atoms with Crippen LogP contribution in [0.5, 0.6) is 0 Å². The van der Waals surface area contributed by atoms with Crippen LogP contribution in [0.2, 0.25) is 0 Å². The van der Waals surface area contributed by atoms with E-state index in [2.05, 4.69) is 10.3 Å². The van der Waals surface area contributed by atoms with Gasteiger partial charge in [0.25, 0.3) is 0 Å². The third-order valence-electron chi connectivity index (χ3n) is 2.29. The second-order valence-electron chi connectivity index (χ2n) is 3.51. The molecule has 4 heteroatoms. The summed E-state index contributed by atoms with van der Waals surface area (Å²) in [4.78, 5) is 14.8. The van der Waals surface area contributed by atoms with Crippen LogP contribution in [-0.4, -0.2) is 22.6 Å². The Morgan fingerprint density at radius 3 is 2.93 bits per heavy atom. The van der Waals surface area contributed by atoms with Gasteiger partial charge < -0.3 is 10.4 Å². The van der Waals surface area contributed by atoms with Gasteiger partial charge in [0.05, 0.1) is 5.92 Å². The van der Waals surface area contributed by atoms with Crippen molar-refractivity contribution in [1.29, 1.82) is 0 Å². The number of nitrogens with one attached hydrogen (secondary N) is 1. The van der Waals surface area contributed by atoms with Gasteiger partial charge in [-0.3, -0.25) is 9.78 Å². The van der Waals surface area contributed by atoms with Crippen molar-refractivity contribution in [3.05, 3.63) is 24.0 Å². The summed E-state index contributed by atoms with van der Waals surface area (Å²) in [5.74, 6) is -1.09. The lowest BCUT2D eigenvalue weighted by Crippen LogP contribution is -2.22. The highest BCUT2D eigenvalue weighted by atomic mass is 16.4. The average molecular weight is 208 g/mol. The van der Waals surface area contributed by atoms with Gasteiger partial charge >= 0.3 is 5.97 Å². The van der Waals surface area contributed by atoms with Gasteiger partial charge in [0.2, 0.25) is 0 Å². The predicted octanol–water partition coefficient (Wildman–Crippen LogP) is 1.91. The molecule has 1 rings (SSSR count). The molecule has 0 saturated heterocycles. The Morgan fingerprint density at radius 2 is 2.40 bits per heavy atom. The van der Waals surface area contributed by atoms with Crippen molar-refractivity contribution in [2.24, 2.45) is 5.92 Å². The Kier molecular flexibility index (Phi) is 4.09. The van der Waals surface area contributed by atoms with E-state index < -0.39 is 5.97 Å². The number of carboxylic acid groups (broad SMARTS) is 1. The zero-order chi connectivity index (χ0) is 11.3. The molecular weight excluding hydrogens is 192 g/mol. The molecule has 4 nitrogen and oxygen atoms in total. The number of aryl methyl sites for hydroxylation is 1. The summed E-state index contributed by atoms with van der Waals surface area (Å²) in [6, 6.07) is 3.73. The molecule has 1 aromatic rings. The fraction of sp³-hybridized carbons (Fsp3) is 0.455. The fourth-order valence-electron chi connectivity index (χ4n) is 1.30. The van der Waals surface area contributed by atoms with E-state index in [1.54, 1.807) is 6.20 Å². The third kappa shape index (κ3) is 3.58. The van der Waals surface area contributed by atoms with Gasteiger partial charge in [0, 0.05) is 24.1 Å². The molecule has 0 aromatic carbocycles. The minimum Gasteiger partial charge on any atom is -0.481 e. The Morgan fingerprint density at radius 1 is 1.67 bits per heavy atom. The van der Waals surface area contributed by atoms with Crippen molar-refractivity contribution in [3.63, 3.8) is 0 Å². The second kappa shape index (κ2) is 5.34. The van der Waals surface area contributed by atoms with Gasteiger partial charge in [-0.15, -0.1) is 0 Å². The van der Waals surface area contributed by atoms with Crippen molar-refractivity contribution in [1.82, 2.24) is 4.98 Å². The van der Waals surface area contributed by atoms with Crippen molar-refractivity contribution >= 4 is 11.7 Å². The van der Waals surface area contributed by atoms with E-state index in [0.717, 1.165) is 11.4 Å². The Hall–Kier alpha value is -1.58. The lowest BCUT2D eigenvalue weighted by molar-refractivity contribution is -0.141. The molecule has 82 valence electrons. The van der Waals surface area contributed by atoms with E-state index in [1.807, 2.05) is 26.0 Å². The van der Waals surface area contributed by atoms with Crippen LogP contribution in [0.25, 0.3) is 0 Å². The summed E-state index contributed by atoms with van der Waals surface area (Å²) in [5.41, 5.74) is 1.84. The lowest BCUT2D eigenvalue weighted by atomic mass is 10.1. The van der Waals surface area contributed by atoms with Crippen LogP contribution in [-0.2, 0) is 4.79 Å². The topological polar surface area (TPSA) is 62.2 Å². The maximum atomic E-state index is 10.8. The quantitative estimate of drug-likeness (QED) is 0.776. The number of aromatic nitrogens is 1. The number of nitrogens with zero attached hydrogens (tertiary/aromatic N) is 1.